The van der Waals surface area contributed by atoms with Crippen LogP contribution in [0.25, 0.3) is 0 Å². The van der Waals surface area contributed by atoms with Crippen LogP contribution in [-0.4, -0.2) is 0 Å². The quantitative estimate of drug-likeness (QED) is 0.365. The van der Waals surface area contributed by atoms with E-state index in [0.29, 0.717) is 0 Å². The van der Waals surface area contributed by atoms with Crippen LogP contribution in [0.5, 0.6) is 0 Å². The summed E-state index contributed by atoms with van der Waals surface area (Å²) in [4.78, 5) is -0.579. The van der Waals surface area contributed by atoms with Gasteiger partial charge in [0.25, 0.3) is 0 Å². The third-order valence-corrected chi connectivity index (χ3v) is 8.44. The van der Waals surface area contributed by atoms with Crippen LogP contribution in [-0.2, 0) is 12.4 Å². The zero-order chi connectivity index (χ0) is 20.6. The SMILES string of the molecule is FC(F)(F)c1ccccc1S(Cl)(c1ccccc1)c1ccccc1C(F)(F)F. The Bertz CT molecular complexity index is 909. The minimum Gasteiger partial charge on any atom is -0.166 e. The summed E-state index contributed by atoms with van der Waals surface area (Å²) in [5.74, 6) is 0. The molecule has 0 amide bonds. The average Bonchev–Trinajstić information content (AvgIpc) is 2.67. The fourth-order valence-corrected chi connectivity index (χ4v) is 6.77. The molecule has 0 nitrogen and oxygen atoms in total. The molecule has 8 heteroatoms. The van der Waals surface area contributed by atoms with E-state index in [1.54, 1.807) is 6.07 Å². The summed E-state index contributed by atoms with van der Waals surface area (Å²) in [5, 5.41) is 0. The van der Waals surface area contributed by atoms with Crippen LogP contribution in [0.3, 0.4) is 0 Å². The maximum atomic E-state index is 13.7. The maximum absolute atomic E-state index is 13.7. The molecule has 0 bridgehead atoms. The van der Waals surface area contributed by atoms with Crippen LogP contribution in [0.4, 0.5) is 26.3 Å². The summed E-state index contributed by atoms with van der Waals surface area (Å²) >= 11 is 0. The van der Waals surface area contributed by atoms with Gasteiger partial charge in [0.15, 0.2) is 0 Å². The molecule has 0 aliphatic carbocycles. The monoisotopic (exact) mass is 434 g/mol. The Morgan fingerprint density at radius 3 is 1.29 bits per heavy atom. The number of benzene rings is 3. The van der Waals surface area contributed by atoms with Crippen molar-refractivity contribution in [2.75, 3.05) is 0 Å². The van der Waals surface area contributed by atoms with E-state index < -0.39 is 32.7 Å². The lowest BCUT2D eigenvalue weighted by atomic mass is 10.2. The Kier molecular flexibility index (Phi) is 5.42. The van der Waals surface area contributed by atoms with Crippen molar-refractivity contribution in [1.29, 1.82) is 0 Å². The first-order valence-electron chi connectivity index (χ1n) is 7.97. The molecular formula is C20H13ClF6S. The first-order chi connectivity index (χ1) is 13.1. The molecular weight excluding hydrogens is 422 g/mol. The summed E-state index contributed by atoms with van der Waals surface area (Å²) < 4.78 is 82.1. The van der Waals surface area contributed by atoms with Crippen molar-refractivity contribution in [1.82, 2.24) is 0 Å². The normalized spacial score (nSPS) is 13.4. The summed E-state index contributed by atoms with van der Waals surface area (Å²) in [7, 11) is 3.45. The van der Waals surface area contributed by atoms with E-state index in [-0.39, 0.29) is 14.7 Å². The predicted octanol–water partition coefficient (Wildman–Crippen LogP) is 8.16. The third kappa shape index (κ3) is 3.73. The van der Waals surface area contributed by atoms with E-state index in [1.807, 2.05) is 0 Å². The van der Waals surface area contributed by atoms with E-state index >= 15 is 0 Å². The maximum Gasteiger partial charge on any atom is 0.417 e. The second kappa shape index (κ2) is 7.37. The van der Waals surface area contributed by atoms with Gasteiger partial charge in [-0.25, -0.2) is 0 Å². The molecule has 0 atom stereocenters. The van der Waals surface area contributed by atoms with E-state index in [9.17, 15) is 26.3 Å². The number of hydrogen-bond donors (Lipinski definition) is 0. The van der Waals surface area contributed by atoms with Crippen LogP contribution in [0.2, 0.25) is 0 Å². The molecule has 148 valence electrons. The van der Waals surface area contributed by atoms with Gasteiger partial charge in [0.05, 0.1) is 11.1 Å². The Morgan fingerprint density at radius 2 is 0.893 bits per heavy atom. The highest BCUT2D eigenvalue weighted by Gasteiger charge is 2.44. The lowest BCUT2D eigenvalue weighted by Crippen LogP contribution is -2.14. The van der Waals surface area contributed by atoms with Gasteiger partial charge in [0.1, 0.15) is 0 Å². The summed E-state index contributed by atoms with van der Waals surface area (Å²) in [6.45, 7) is 0. The van der Waals surface area contributed by atoms with Crippen LogP contribution in [0.1, 0.15) is 11.1 Å². The molecule has 28 heavy (non-hydrogen) atoms. The zero-order valence-electron chi connectivity index (χ0n) is 14.1. The van der Waals surface area contributed by atoms with Gasteiger partial charge in [-0.2, -0.15) is 26.3 Å². The molecule has 0 aromatic heterocycles. The smallest absolute Gasteiger partial charge is 0.166 e. The van der Waals surface area contributed by atoms with Gasteiger partial charge in [-0.15, -0.1) is 0 Å². The van der Waals surface area contributed by atoms with Crippen molar-refractivity contribution in [3.63, 3.8) is 0 Å². The van der Waals surface area contributed by atoms with Gasteiger partial charge in [0.2, 0.25) is 0 Å². The van der Waals surface area contributed by atoms with E-state index in [2.05, 4.69) is 0 Å². The summed E-state index contributed by atoms with van der Waals surface area (Å²) in [5.41, 5.74) is -2.11. The largest absolute Gasteiger partial charge is 0.417 e. The lowest BCUT2D eigenvalue weighted by Gasteiger charge is -2.37. The first-order valence-corrected chi connectivity index (χ1v) is 10.4. The van der Waals surface area contributed by atoms with Crippen molar-refractivity contribution in [2.24, 2.45) is 0 Å². The Morgan fingerprint density at radius 1 is 0.536 bits per heavy atom. The fourth-order valence-electron chi connectivity index (χ4n) is 2.87. The standard InChI is InChI=1S/C20H13ClF6S/c21-28(14-8-2-1-3-9-14,17-12-6-4-10-15(17)19(22,23)24)18-13-7-5-11-16(18)20(25,26)27/h1-13H. The molecule has 3 aromatic carbocycles. The summed E-state index contributed by atoms with van der Waals surface area (Å²) in [6, 6.07) is 16.6. The van der Waals surface area contributed by atoms with E-state index in [4.69, 9.17) is 10.7 Å². The van der Waals surface area contributed by atoms with Crippen molar-refractivity contribution in [3.8, 4) is 0 Å². The average molecular weight is 435 g/mol. The highest BCUT2D eigenvalue weighted by atomic mass is 35.7. The van der Waals surface area contributed by atoms with Crippen molar-refractivity contribution in [2.45, 2.75) is 27.0 Å². The highest BCUT2D eigenvalue weighted by molar-refractivity contribution is 8.51. The summed E-state index contributed by atoms with van der Waals surface area (Å²) in [6.07, 6.45) is -9.54. The second-order valence-electron chi connectivity index (χ2n) is 5.84. The molecule has 0 spiro atoms. The Balaban J connectivity index is 2.43. The van der Waals surface area contributed by atoms with Crippen LogP contribution in [0, 0.1) is 0 Å². The van der Waals surface area contributed by atoms with Crippen molar-refractivity contribution >= 4 is 19.9 Å². The van der Waals surface area contributed by atoms with Crippen LogP contribution < -0.4 is 0 Å². The number of rotatable bonds is 3. The topological polar surface area (TPSA) is 0 Å². The molecule has 0 radical (unpaired) electrons. The van der Waals surface area contributed by atoms with Crippen molar-refractivity contribution in [3.05, 3.63) is 90.0 Å². The molecule has 3 aromatic rings. The molecule has 0 aliphatic heterocycles. The molecule has 0 aliphatic rings. The number of halogens is 7. The molecule has 0 saturated heterocycles. The Hall–Kier alpha value is -2.12. The molecule has 0 saturated carbocycles. The molecule has 0 unspecified atom stereocenters. The second-order valence-corrected chi connectivity index (χ2v) is 9.65. The van der Waals surface area contributed by atoms with Gasteiger partial charge in [-0.3, -0.25) is 0 Å². The highest BCUT2D eigenvalue weighted by Crippen LogP contribution is 2.75. The van der Waals surface area contributed by atoms with Crippen LogP contribution in [0.15, 0.2) is 93.5 Å². The first kappa shape index (κ1) is 20.6. The van der Waals surface area contributed by atoms with Gasteiger partial charge in [-0.1, -0.05) is 62.4 Å². The third-order valence-electron chi connectivity index (χ3n) is 4.06. The predicted molar refractivity (Wildman–Crippen MR) is 97.6 cm³/mol. The number of alkyl halides is 6. The molecule has 3 rings (SSSR count). The van der Waals surface area contributed by atoms with Gasteiger partial charge in [0, 0.05) is 14.7 Å². The van der Waals surface area contributed by atoms with E-state index in [0.717, 1.165) is 24.3 Å². The number of hydrogen-bond acceptors (Lipinski definition) is 0. The van der Waals surface area contributed by atoms with Crippen LogP contribution >= 0.6 is 19.9 Å². The van der Waals surface area contributed by atoms with Gasteiger partial charge in [-0.05, 0) is 36.4 Å². The molecule has 0 N–H and O–H groups in total. The minimum atomic E-state index is -4.77. The van der Waals surface area contributed by atoms with Gasteiger partial charge < -0.3 is 0 Å². The Labute approximate surface area is 163 Å². The van der Waals surface area contributed by atoms with Gasteiger partial charge >= 0.3 is 12.4 Å². The van der Waals surface area contributed by atoms with Crippen molar-refractivity contribution < 1.29 is 26.3 Å². The lowest BCUT2D eigenvalue weighted by molar-refractivity contribution is -0.140. The van der Waals surface area contributed by atoms with E-state index in [1.165, 1.54) is 48.5 Å². The minimum absolute atomic E-state index is 0.185. The fraction of sp³-hybridized carbons (Fsp3) is 0.100. The molecule has 0 heterocycles. The zero-order valence-corrected chi connectivity index (χ0v) is 15.6. The molecule has 0 fully saturated rings.